The van der Waals surface area contributed by atoms with E-state index < -0.39 is 0 Å². The van der Waals surface area contributed by atoms with Gasteiger partial charge in [0.1, 0.15) is 0 Å². The standard InChI is InChI=1S/C36H44Cl2N6/c1-26-7-10-29(11-8-26)31-25-44(16-4-13-40-27(2)35-22-39-14-15-41-35)36-12-9-28(21-30(31)36)23-42-17-19-43(20-18-42)24-32-33(37)5-3-6-34(32)38/h3,5-12,21,25,35,39-41H,2,4,13-20,22-24H2,1H3. The van der Waals surface area contributed by atoms with Gasteiger partial charge in [0.2, 0.25) is 0 Å². The van der Waals surface area contributed by atoms with Crippen molar-refractivity contribution in [3.8, 4) is 11.1 Å². The second-order valence-electron chi connectivity index (χ2n) is 12.2. The van der Waals surface area contributed by atoms with Crippen LogP contribution < -0.4 is 16.0 Å². The molecule has 0 amide bonds. The molecule has 2 saturated heterocycles. The minimum atomic E-state index is 0.298. The molecule has 44 heavy (non-hydrogen) atoms. The first kappa shape index (κ1) is 31.2. The maximum atomic E-state index is 6.44. The van der Waals surface area contributed by atoms with E-state index in [1.165, 1.54) is 33.2 Å². The molecule has 0 aliphatic carbocycles. The van der Waals surface area contributed by atoms with Crippen LogP contribution in [0.1, 0.15) is 23.1 Å². The molecule has 232 valence electrons. The number of aryl methyl sites for hydroxylation is 2. The molecular formula is C36H44Cl2N6. The van der Waals surface area contributed by atoms with Crippen molar-refractivity contribution in [2.45, 2.75) is 39.0 Å². The van der Waals surface area contributed by atoms with E-state index in [1.807, 2.05) is 18.2 Å². The molecule has 0 bridgehead atoms. The third-order valence-corrected chi connectivity index (χ3v) is 9.72. The van der Waals surface area contributed by atoms with Gasteiger partial charge in [0.05, 0.1) is 6.04 Å². The smallest absolute Gasteiger partial charge is 0.0590 e. The molecule has 2 aliphatic heterocycles. The van der Waals surface area contributed by atoms with Crippen LogP contribution >= 0.6 is 23.2 Å². The molecule has 1 aromatic heterocycles. The average Bonchev–Trinajstić information content (AvgIpc) is 3.40. The van der Waals surface area contributed by atoms with Gasteiger partial charge in [0.25, 0.3) is 0 Å². The van der Waals surface area contributed by atoms with E-state index in [-0.39, 0.29) is 0 Å². The van der Waals surface area contributed by atoms with Gasteiger partial charge in [0.15, 0.2) is 0 Å². The lowest BCUT2D eigenvalue weighted by atomic mass is 10.0. The number of rotatable bonds is 11. The van der Waals surface area contributed by atoms with Gasteiger partial charge in [-0.3, -0.25) is 9.80 Å². The summed E-state index contributed by atoms with van der Waals surface area (Å²) >= 11 is 12.9. The second kappa shape index (κ2) is 14.5. The Kier molecular flexibility index (Phi) is 10.3. The molecule has 0 radical (unpaired) electrons. The molecule has 0 saturated carbocycles. The van der Waals surface area contributed by atoms with Crippen LogP contribution in [0.25, 0.3) is 22.0 Å². The molecule has 1 atom stereocenters. The largest absolute Gasteiger partial charge is 0.387 e. The van der Waals surface area contributed by atoms with Gasteiger partial charge in [-0.15, -0.1) is 0 Å². The first-order valence-corrected chi connectivity index (χ1v) is 16.6. The monoisotopic (exact) mass is 630 g/mol. The Morgan fingerprint density at radius 1 is 0.932 bits per heavy atom. The summed E-state index contributed by atoms with van der Waals surface area (Å²) < 4.78 is 2.43. The first-order chi connectivity index (χ1) is 21.4. The van der Waals surface area contributed by atoms with Crippen molar-refractivity contribution in [1.82, 2.24) is 30.3 Å². The fourth-order valence-electron chi connectivity index (χ4n) is 6.38. The molecule has 6 nitrogen and oxygen atoms in total. The van der Waals surface area contributed by atoms with Crippen molar-refractivity contribution >= 4 is 34.1 Å². The van der Waals surface area contributed by atoms with Gasteiger partial charge < -0.3 is 20.5 Å². The molecule has 3 heterocycles. The van der Waals surface area contributed by atoms with Crippen molar-refractivity contribution in [3.05, 3.63) is 106 Å². The summed E-state index contributed by atoms with van der Waals surface area (Å²) in [6.45, 7) is 17.0. The highest BCUT2D eigenvalue weighted by molar-refractivity contribution is 6.35. The van der Waals surface area contributed by atoms with Crippen molar-refractivity contribution in [2.24, 2.45) is 0 Å². The Hall–Kier alpha value is -2.84. The lowest BCUT2D eigenvalue weighted by Gasteiger charge is -2.35. The van der Waals surface area contributed by atoms with E-state index in [4.69, 9.17) is 23.2 Å². The van der Waals surface area contributed by atoms with Crippen LogP contribution in [0, 0.1) is 6.92 Å². The second-order valence-corrected chi connectivity index (χ2v) is 13.0. The number of piperazine rings is 2. The SMILES string of the molecule is C=C(NCCCn1cc(-c2ccc(C)cc2)c2cc(CN3CCN(Cc4c(Cl)cccc4Cl)CC3)ccc21)C1CNCCN1. The zero-order chi connectivity index (χ0) is 30.5. The number of fused-ring (bicyclic) bond motifs is 1. The van der Waals surface area contributed by atoms with Gasteiger partial charge in [0, 0.05) is 116 Å². The van der Waals surface area contributed by atoms with Gasteiger partial charge in [-0.05, 0) is 48.7 Å². The maximum absolute atomic E-state index is 6.44. The predicted molar refractivity (Wildman–Crippen MR) is 186 cm³/mol. The van der Waals surface area contributed by atoms with Crippen molar-refractivity contribution < 1.29 is 0 Å². The average molecular weight is 632 g/mol. The zero-order valence-corrected chi connectivity index (χ0v) is 27.2. The molecule has 6 rings (SSSR count). The lowest BCUT2D eigenvalue weighted by Crippen LogP contribution is -2.51. The highest BCUT2D eigenvalue weighted by atomic mass is 35.5. The number of halogens is 2. The van der Waals surface area contributed by atoms with Gasteiger partial charge in [-0.25, -0.2) is 0 Å². The fraction of sp³-hybridized carbons (Fsp3) is 0.389. The summed E-state index contributed by atoms with van der Waals surface area (Å²) in [4.78, 5) is 5.01. The molecule has 2 fully saturated rings. The molecule has 8 heteroatoms. The Morgan fingerprint density at radius 2 is 1.66 bits per heavy atom. The minimum Gasteiger partial charge on any atom is -0.387 e. The summed E-state index contributed by atoms with van der Waals surface area (Å²) in [6.07, 6.45) is 3.38. The number of hydrogen-bond donors (Lipinski definition) is 3. The van der Waals surface area contributed by atoms with Crippen molar-refractivity contribution in [1.29, 1.82) is 0 Å². The highest BCUT2D eigenvalue weighted by Crippen LogP contribution is 2.32. The zero-order valence-electron chi connectivity index (χ0n) is 25.7. The Morgan fingerprint density at radius 3 is 2.36 bits per heavy atom. The molecule has 0 spiro atoms. The summed E-state index contributed by atoms with van der Waals surface area (Å²) in [5.74, 6) is 0. The molecule has 1 unspecified atom stereocenters. The molecule has 2 aliphatic rings. The Labute approximate surface area is 272 Å². The van der Waals surface area contributed by atoms with Gasteiger partial charge >= 0.3 is 0 Å². The van der Waals surface area contributed by atoms with E-state index in [0.717, 1.165) is 99.7 Å². The van der Waals surface area contributed by atoms with Crippen molar-refractivity contribution in [2.75, 3.05) is 52.4 Å². The van der Waals surface area contributed by atoms with Crippen LogP contribution in [-0.2, 0) is 19.6 Å². The summed E-state index contributed by atoms with van der Waals surface area (Å²) in [5, 5.41) is 13.4. The Bertz CT molecular complexity index is 1550. The number of nitrogens with zero attached hydrogens (tertiary/aromatic N) is 3. The fourth-order valence-corrected chi connectivity index (χ4v) is 6.90. The van der Waals surface area contributed by atoms with Gasteiger partial charge in [-0.2, -0.15) is 0 Å². The number of hydrogen-bond acceptors (Lipinski definition) is 5. The first-order valence-electron chi connectivity index (χ1n) is 15.9. The molecular weight excluding hydrogens is 587 g/mol. The third-order valence-electron chi connectivity index (χ3n) is 9.01. The van der Waals surface area contributed by atoms with Gasteiger partial charge in [-0.1, -0.05) is 71.7 Å². The maximum Gasteiger partial charge on any atom is 0.0590 e. The third kappa shape index (κ3) is 7.51. The Balaban J connectivity index is 1.12. The van der Waals surface area contributed by atoms with Crippen LogP contribution in [0.15, 0.2) is 79.1 Å². The summed E-state index contributed by atoms with van der Waals surface area (Å²) in [5.41, 5.74) is 8.61. The van der Waals surface area contributed by atoms with Crippen LogP contribution in [0.2, 0.25) is 10.0 Å². The normalized spacial score (nSPS) is 18.1. The van der Waals surface area contributed by atoms with Crippen LogP contribution in [0.5, 0.6) is 0 Å². The lowest BCUT2D eigenvalue weighted by molar-refractivity contribution is 0.122. The number of aromatic nitrogens is 1. The van der Waals surface area contributed by atoms with Crippen LogP contribution in [0.3, 0.4) is 0 Å². The van der Waals surface area contributed by atoms with Crippen LogP contribution in [-0.4, -0.2) is 72.8 Å². The quantitative estimate of drug-likeness (QED) is 0.170. The molecule has 3 N–H and O–H groups in total. The summed E-state index contributed by atoms with van der Waals surface area (Å²) in [7, 11) is 0. The number of benzene rings is 3. The molecule has 3 aromatic carbocycles. The van der Waals surface area contributed by atoms with E-state index in [9.17, 15) is 0 Å². The topological polar surface area (TPSA) is 47.5 Å². The van der Waals surface area contributed by atoms with E-state index in [0.29, 0.717) is 6.04 Å². The predicted octanol–water partition coefficient (Wildman–Crippen LogP) is 6.30. The van der Waals surface area contributed by atoms with Crippen LogP contribution in [0.4, 0.5) is 0 Å². The van der Waals surface area contributed by atoms with E-state index in [1.54, 1.807) is 0 Å². The summed E-state index contributed by atoms with van der Waals surface area (Å²) in [6, 6.07) is 22.0. The van der Waals surface area contributed by atoms with E-state index >= 15 is 0 Å². The molecule has 4 aromatic rings. The highest BCUT2D eigenvalue weighted by Gasteiger charge is 2.20. The number of nitrogens with one attached hydrogen (secondary N) is 3. The van der Waals surface area contributed by atoms with E-state index in [2.05, 4.69) is 92.5 Å². The minimum absolute atomic E-state index is 0.298. The van der Waals surface area contributed by atoms with Crippen molar-refractivity contribution in [3.63, 3.8) is 0 Å².